The van der Waals surface area contributed by atoms with Crippen LogP contribution in [0.1, 0.15) is 27.8 Å². The van der Waals surface area contributed by atoms with Crippen LogP contribution in [0.25, 0.3) is 0 Å². The van der Waals surface area contributed by atoms with E-state index in [2.05, 4.69) is 94.4 Å². The Bertz CT molecular complexity index is 616. The summed E-state index contributed by atoms with van der Waals surface area (Å²) in [5.74, 6) is 0. The topological polar surface area (TPSA) is 0 Å². The molecule has 0 fully saturated rings. The summed E-state index contributed by atoms with van der Waals surface area (Å²) in [4.78, 5) is 0. The first-order valence-corrected chi connectivity index (χ1v) is 13.6. The molecule has 0 aliphatic rings. The van der Waals surface area contributed by atoms with E-state index in [1.54, 1.807) is 23.3 Å². The summed E-state index contributed by atoms with van der Waals surface area (Å²) >= 11 is 1.72. The Morgan fingerprint density at radius 1 is 0.800 bits per heavy atom. The average molecular weight is 469 g/mol. The van der Waals surface area contributed by atoms with Gasteiger partial charge in [0.25, 0.3) is 0 Å². The van der Waals surface area contributed by atoms with E-state index in [9.17, 15) is 0 Å². The van der Waals surface area contributed by atoms with Gasteiger partial charge in [0.1, 0.15) is 0 Å². The van der Waals surface area contributed by atoms with Crippen molar-refractivity contribution in [3.05, 3.63) is 94.5 Å². The predicted molar refractivity (Wildman–Crippen MR) is 100 cm³/mol. The second-order valence-corrected chi connectivity index (χ2v) is 9.65. The molecular weight excluding hydrogens is 442 g/mol. The molecule has 4 heteroatoms. The molecule has 25 heavy (non-hydrogen) atoms. The van der Waals surface area contributed by atoms with Crippen molar-refractivity contribution in [2.45, 2.75) is 33.7 Å². The molecule has 134 valence electrons. The Kier molecular flexibility index (Phi) is 17.0. The molecule has 0 aliphatic heterocycles. The summed E-state index contributed by atoms with van der Waals surface area (Å²) in [5.41, 5.74) is 6.94. The van der Waals surface area contributed by atoms with Crippen LogP contribution in [0, 0.1) is 27.7 Å². The molecule has 0 unspecified atom stereocenters. The van der Waals surface area contributed by atoms with Crippen LogP contribution in [-0.2, 0) is 29.4 Å². The quantitative estimate of drug-likeness (QED) is 0.339. The van der Waals surface area contributed by atoms with Crippen LogP contribution in [0.4, 0.5) is 0 Å². The minimum absolute atomic E-state index is 0. The summed E-state index contributed by atoms with van der Waals surface area (Å²) in [6.45, 7) is 8.42. The molecule has 0 nitrogen and oxygen atoms in total. The van der Waals surface area contributed by atoms with Gasteiger partial charge in [-0.3, -0.25) is 0 Å². The SMILES string of the molecule is Cc1c[cH-]c(C)c1.Cc1c[cH-]c(C)c1.[Cl-].[Cl-].[Zr+2]=[SiH]Cc1ccccc1. The molecule has 3 aromatic carbocycles. The second kappa shape index (κ2) is 15.8. The zero-order valence-corrected chi connectivity index (χ0v) is 20.5. The molecule has 0 atom stereocenters. The normalized spacial score (nSPS) is 8.56. The molecule has 0 spiro atoms. The van der Waals surface area contributed by atoms with E-state index < -0.39 is 0 Å². The van der Waals surface area contributed by atoms with Gasteiger partial charge in [-0.25, -0.2) is 23.3 Å². The van der Waals surface area contributed by atoms with Crippen LogP contribution in [0.5, 0.6) is 0 Å². The van der Waals surface area contributed by atoms with Gasteiger partial charge in [-0.05, 0) is 0 Å². The molecule has 3 rings (SSSR count). The average Bonchev–Trinajstić information content (AvgIpc) is 3.09. The zero-order valence-electron chi connectivity index (χ0n) is 15.4. The molecule has 0 bridgehead atoms. The fraction of sp³-hybridized carbons (Fsp3) is 0.238. The Hall–Kier alpha value is -0.400. The summed E-state index contributed by atoms with van der Waals surface area (Å²) < 4.78 is 0. The Morgan fingerprint density at radius 2 is 1.24 bits per heavy atom. The second-order valence-electron chi connectivity index (χ2n) is 5.83. The molecule has 0 amide bonds. The summed E-state index contributed by atoms with van der Waals surface area (Å²) in [5, 5.41) is 0. The number of aryl methyl sites for hydroxylation is 4. The molecular formula is C21H26Cl2SiZr-2. The summed E-state index contributed by atoms with van der Waals surface area (Å²) in [6.07, 6.45) is 0.715. The molecule has 0 radical (unpaired) electrons. The van der Waals surface area contributed by atoms with Gasteiger partial charge in [-0.2, -0.15) is 35.4 Å². The zero-order chi connectivity index (χ0) is 17.1. The first-order valence-electron chi connectivity index (χ1n) is 7.94. The van der Waals surface area contributed by atoms with Gasteiger partial charge >= 0.3 is 71.4 Å². The van der Waals surface area contributed by atoms with Crippen molar-refractivity contribution in [3.63, 3.8) is 0 Å². The van der Waals surface area contributed by atoms with Gasteiger partial charge in [0.15, 0.2) is 0 Å². The fourth-order valence-corrected chi connectivity index (χ4v) is 4.41. The van der Waals surface area contributed by atoms with Crippen molar-refractivity contribution < 1.29 is 48.1 Å². The van der Waals surface area contributed by atoms with Crippen molar-refractivity contribution in [2.24, 2.45) is 0 Å². The van der Waals surface area contributed by atoms with Crippen molar-refractivity contribution in [1.82, 2.24) is 0 Å². The van der Waals surface area contributed by atoms with E-state index in [-0.39, 0.29) is 24.8 Å². The number of hydrogen-bond acceptors (Lipinski definition) is 0. The maximum absolute atomic E-state index is 2.21. The van der Waals surface area contributed by atoms with Gasteiger partial charge in [-0.15, -0.1) is 0 Å². The number of rotatable bonds is 2. The van der Waals surface area contributed by atoms with Crippen molar-refractivity contribution >= 4 is 6.16 Å². The molecule has 0 aromatic heterocycles. The third-order valence-corrected chi connectivity index (χ3v) is 5.49. The van der Waals surface area contributed by atoms with Crippen LogP contribution in [0.2, 0.25) is 0 Å². The Balaban J connectivity index is 0. The third-order valence-electron chi connectivity index (χ3n) is 3.31. The van der Waals surface area contributed by atoms with E-state index in [1.807, 2.05) is 0 Å². The van der Waals surface area contributed by atoms with E-state index in [0.717, 1.165) is 0 Å². The van der Waals surface area contributed by atoms with Crippen LogP contribution >= 0.6 is 0 Å². The number of halogens is 2. The van der Waals surface area contributed by atoms with E-state index in [4.69, 9.17) is 0 Å². The van der Waals surface area contributed by atoms with Crippen LogP contribution in [0.15, 0.2) is 66.7 Å². The van der Waals surface area contributed by atoms with Gasteiger partial charge < -0.3 is 24.8 Å². The van der Waals surface area contributed by atoms with E-state index in [1.165, 1.54) is 33.9 Å². The van der Waals surface area contributed by atoms with Crippen molar-refractivity contribution in [2.75, 3.05) is 0 Å². The van der Waals surface area contributed by atoms with Gasteiger partial charge in [-0.1, -0.05) is 27.7 Å². The van der Waals surface area contributed by atoms with Crippen LogP contribution < -0.4 is 24.8 Å². The first kappa shape index (κ1) is 26.8. The number of benzene rings is 1. The molecule has 0 N–H and O–H groups in total. The summed E-state index contributed by atoms with van der Waals surface area (Å²) in [7, 11) is 0. The van der Waals surface area contributed by atoms with Crippen LogP contribution in [-0.4, -0.2) is 6.16 Å². The van der Waals surface area contributed by atoms with Gasteiger partial charge in [0, 0.05) is 0 Å². The monoisotopic (exact) mass is 466 g/mol. The molecule has 0 saturated carbocycles. The van der Waals surface area contributed by atoms with Gasteiger partial charge in [0.05, 0.1) is 0 Å². The molecule has 0 saturated heterocycles. The van der Waals surface area contributed by atoms with E-state index in [0.29, 0.717) is 6.16 Å². The van der Waals surface area contributed by atoms with Crippen LogP contribution in [0.3, 0.4) is 0 Å². The predicted octanol–water partition coefficient (Wildman–Crippen LogP) is -0.862. The fourth-order valence-electron chi connectivity index (χ4n) is 2.17. The van der Waals surface area contributed by atoms with Gasteiger partial charge in [0.2, 0.25) is 0 Å². The molecule has 3 aromatic rings. The number of hydrogen-bond donors (Lipinski definition) is 0. The molecule has 0 aliphatic carbocycles. The van der Waals surface area contributed by atoms with Crippen molar-refractivity contribution in [3.8, 4) is 0 Å². The third kappa shape index (κ3) is 13.5. The van der Waals surface area contributed by atoms with E-state index >= 15 is 0 Å². The first-order chi connectivity index (χ1) is 11.0. The summed E-state index contributed by atoms with van der Waals surface area (Å²) in [6, 6.07) is 24.9. The Labute approximate surface area is 181 Å². The standard InChI is InChI=1S/C7H8Si.2C7H9.2ClH.Zr/c8-6-7-4-2-1-3-5-7;2*1-6-3-4-7(2)5-6;;;/h1-5,8H,6H2;2*3-5H,1-2H3;2*1H;/q;2*-1;;;+2/p-2. The Morgan fingerprint density at radius 3 is 1.48 bits per heavy atom. The molecule has 0 heterocycles. The minimum atomic E-state index is 0. The maximum atomic E-state index is 2.21. The van der Waals surface area contributed by atoms with Crippen molar-refractivity contribution in [1.29, 1.82) is 0 Å².